The third kappa shape index (κ3) is 4.51. The molecule has 1 unspecified atom stereocenters. The second-order valence-corrected chi connectivity index (χ2v) is 9.77. The number of hydrogen-bond acceptors (Lipinski definition) is 5. The van der Waals surface area contributed by atoms with Crippen molar-refractivity contribution >= 4 is 46.0 Å². The second-order valence-electron chi connectivity index (χ2n) is 8.98. The van der Waals surface area contributed by atoms with E-state index < -0.39 is 0 Å². The lowest BCUT2D eigenvalue weighted by atomic mass is 9.95. The Morgan fingerprint density at radius 1 is 1.23 bits per heavy atom. The van der Waals surface area contributed by atoms with Crippen LogP contribution in [-0.4, -0.2) is 39.7 Å². The van der Waals surface area contributed by atoms with Crippen molar-refractivity contribution in [2.45, 2.75) is 52.2 Å². The summed E-state index contributed by atoms with van der Waals surface area (Å²) >= 11 is 12.6. The number of aromatic nitrogens is 3. The Bertz CT molecular complexity index is 1140. The summed E-state index contributed by atoms with van der Waals surface area (Å²) in [5.41, 5.74) is 1.56. The number of halogens is 2. The van der Waals surface area contributed by atoms with E-state index in [9.17, 15) is 4.79 Å². The first kappa shape index (κ1) is 21.9. The van der Waals surface area contributed by atoms with Crippen LogP contribution in [0.1, 0.15) is 45.5 Å². The minimum atomic E-state index is -0.250. The summed E-state index contributed by atoms with van der Waals surface area (Å²) in [6, 6.07) is 7.69. The maximum absolute atomic E-state index is 11.4. The van der Waals surface area contributed by atoms with Gasteiger partial charge in [-0.3, -0.25) is 4.79 Å². The number of carbonyl (C=O) groups excluding carboxylic acids is 1. The van der Waals surface area contributed by atoms with Crippen LogP contribution in [0.25, 0.3) is 11.0 Å². The average molecular weight is 461 g/mol. The van der Waals surface area contributed by atoms with Crippen molar-refractivity contribution in [3.8, 4) is 0 Å². The van der Waals surface area contributed by atoms with Crippen LogP contribution in [0.5, 0.6) is 0 Å². The molecular formula is C23H26Cl2N4O2. The van der Waals surface area contributed by atoms with Crippen LogP contribution in [0.3, 0.4) is 0 Å². The van der Waals surface area contributed by atoms with E-state index in [1.807, 2.05) is 24.4 Å². The molecule has 1 saturated heterocycles. The van der Waals surface area contributed by atoms with Crippen molar-refractivity contribution < 1.29 is 9.53 Å². The van der Waals surface area contributed by atoms with Gasteiger partial charge in [0.1, 0.15) is 23.4 Å². The lowest BCUT2D eigenvalue weighted by Gasteiger charge is -2.23. The van der Waals surface area contributed by atoms with Gasteiger partial charge in [0.15, 0.2) is 0 Å². The maximum Gasteiger partial charge on any atom is 0.302 e. The van der Waals surface area contributed by atoms with Gasteiger partial charge in [0, 0.05) is 31.5 Å². The molecule has 0 saturated carbocycles. The number of nitrogens with zero attached hydrogens (tertiary/aromatic N) is 4. The first-order valence-corrected chi connectivity index (χ1v) is 11.1. The number of hydrogen-bond donors (Lipinski definition) is 0. The lowest BCUT2D eigenvalue weighted by Crippen LogP contribution is -2.26. The van der Waals surface area contributed by atoms with Gasteiger partial charge in [-0.05, 0) is 17.7 Å². The molecule has 1 atom stereocenters. The predicted molar refractivity (Wildman–Crippen MR) is 124 cm³/mol. The van der Waals surface area contributed by atoms with Crippen LogP contribution in [0.15, 0.2) is 30.5 Å². The number of rotatable bonds is 4. The predicted octanol–water partition coefficient (Wildman–Crippen LogP) is 5.23. The molecule has 1 fully saturated rings. The van der Waals surface area contributed by atoms with Crippen LogP contribution >= 0.6 is 23.2 Å². The molecule has 164 valence electrons. The summed E-state index contributed by atoms with van der Waals surface area (Å²) in [7, 11) is 0. The van der Waals surface area contributed by atoms with E-state index in [0.29, 0.717) is 23.1 Å². The van der Waals surface area contributed by atoms with E-state index in [0.717, 1.165) is 41.2 Å². The van der Waals surface area contributed by atoms with Gasteiger partial charge in [-0.15, -0.1) is 0 Å². The Labute approximate surface area is 192 Å². The van der Waals surface area contributed by atoms with Gasteiger partial charge < -0.3 is 14.2 Å². The largest absolute Gasteiger partial charge is 0.461 e. The molecule has 4 rings (SSSR count). The highest BCUT2D eigenvalue weighted by molar-refractivity contribution is 6.42. The third-order valence-electron chi connectivity index (χ3n) is 5.42. The monoisotopic (exact) mass is 460 g/mol. The highest BCUT2D eigenvalue weighted by atomic mass is 35.5. The first-order chi connectivity index (χ1) is 14.6. The molecule has 0 spiro atoms. The maximum atomic E-state index is 11.4. The zero-order valence-corrected chi connectivity index (χ0v) is 19.7. The third-order valence-corrected chi connectivity index (χ3v) is 6.28. The molecule has 2 aromatic heterocycles. The molecule has 1 aromatic carbocycles. The summed E-state index contributed by atoms with van der Waals surface area (Å²) < 4.78 is 7.50. The molecule has 1 aliphatic rings. The molecule has 0 aliphatic carbocycles. The second kappa shape index (κ2) is 8.32. The van der Waals surface area contributed by atoms with Crippen molar-refractivity contribution in [3.63, 3.8) is 0 Å². The number of benzene rings is 1. The van der Waals surface area contributed by atoms with Crippen LogP contribution in [-0.2, 0) is 21.5 Å². The normalized spacial score (nSPS) is 16.8. The number of ether oxygens (including phenoxy) is 1. The van der Waals surface area contributed by atoms with Gasteiger partial charge in [0.05, 0.1) is 28.5 Å². The summed E-state index contributed by atoms with van der Waals surface area (Å²) in [6.07, 6.45) is 2.67. The fourth-order valence-corrected chi connectivity index (χ4v) is 4.24. The molecule has 8 heteroatoms. The SMILES string of the molecule is CC(=O)OC1CCN(c2nc(C(C)(C)C)nc3c2ccn3Cc2cccc(Cl)c2Cl)C1. The summed E-state index contributed by atoms with van der Waals surface area (Å²) in [6.45, 7) is 9.71. The molecule has 3 aromatic rings. The molecule has 0 bridgehead atoms. The quantitative estimate of drug-likeness (QED) is 0.499. The van der Waals surface area contributed by atoms with Gasteiger partial charge in [-0.25, -0.2) is 9.97 Å². The van der Waals surface area contributed by atoms with Gasteiger partial charge in [0.2, 0.25) is 0 Å². The topological polar surface area (TPSA) is 60.2 Å². The Balaban J connectivity index is 1.77. The van der Waals surface area contributed by atoms with Gasteiger partial charge >= 0.3 is 5.97 Å². The summed E-state index contributed by atoms with van der Waals surface area (Å²) in [5.74, 6) is 1.39. The van der Waals surface area contributed by atoms with Crippen molar-refractivity contribution in [1.82, 2.24) is 14.5 Å². The minimum absolute atomic E-state index is 0.118. The zero-order valence-electron chi connectivity index (χ0n) is 18.2. The van der Waals surface area contributed by atoms with Crippen molar-refractivity contribution in [2.24, 2.45) is 0 Å². The number of esters is 1. The van der Waals surface area contributed by atoms with Crippen molar-refractivity contribution in [3.05, 3.63) is 51.9 Å². The number of fused-ring (bicyclic) bond motifs is 1. The van der Waals surface area contributed by atoms with Gasteiger partial charge in [-0.1, -0.05) is 56.1 Å². The van der Waals surface area contributed by atoms with Crippen LogP contribution in [0.4, 0.5) is 5.82 Å². The smallest absolute Gasteiger partial charge is 0.302 e. The van der Waals surface area contributed by atoms with Crippen molar-refractivity contribution in [1.29, 1.82) is 0 Å². The lowest BCUT2D eigenvalue weighted by molar-refractivity contribution is -0.145. The van der Waals surface area contributed by atoms with E-state index in [1.165, 1.54) is 6.92 Å². The molecule has 0 radical (unpaired) electrons. The first-order valence-electron chi connectivity index (χ1n) is 10.4. The van der Waals surface area contributed by atoms with E-state index in [-0.39, 0.29) is 17.5 Å². The van der Waals surface area contributed by atoms with Crippen LogP contribution in [0, 0.1) is 0 Å². The molecule has 0 N–H and O–H groups in total. The summed E-state index contributed by atoms with van der Waals surface area (Å²) in [5, 5.41) is 2.06. The molecule has 1 aliphatic heterocycles. The zero-order chi connectivity index (χ0) is 22.3. The standard InChI is InChI=1S/C23H26Cl2N4O2/c1-14(30)31-16-8-10-29(13-16)21-17-9-11-28(12-15-6-5-7-18(24)19(15)25)20(17)26-22(27-21)23(2,3)4/h5-7,9,11,16H,8,10,12-13H2,1-4H3. The Morgan fingerprint density at radius 3 is 2.71 bits per heavy atom. The van der Waals surface area contributed by atoms with Crippen LogP contribution < -0.4 is 4.90 Å². The van der Waals surface area contributed by atoms with E-state index in [4.69, 9.17) is 37.9 Å². The number of anilines is 1. The van der Waals surface area contributed by atoms with E-state index in [2.05, 4.69) is 30.2 Å². The van der Waals surface area contributed by atoms with Gasteiger partial charge in [-0.2, -0.15) is 0 Å². The molecule has 0 amide bonds. The highest BCUT2D eigenvalue weighted by Crippen LogP contribution is 2.33. The van der Waals surface area contributed by atoms with Crippen LogP contribution in [0.2, 0.25) is 10.0 Å². The Hall–Kier alpha value is -2.31. The van der Waals surface area contributed by atoms with Gasteiger partial charge in [0.25, 0.3) is 0 Å². The van der Waals surface area contributed by atoms with Crippen molar-refractivity contribution in [2.75, 3.05) is 18.0 Å². The minimum Gasteiger partial charge on any atom is -0.461 e. The fourth-order valence-electron chi connectivity index (χ4n) is 3.86. The molecule has 31 heavy (non-hydrogen) atoms. The molecular weight excluding hydrogens is 435 g/mol. The molecule has 3 heterocycles. The molecule has 6 nitrogen and oxygen atoms in total. The number of carbonyl (C=O) groups is 1. The Morgan fingerprint density at radius 2 is 2.00 bits per heavy atom. The fraction of sp³-hybridized carbons (Fsp3) is 0.435. The van der Waals surface area contributed by atoms with E-state index in [1.54, 1.807) is 6.07 Å². The van der Waals surface area contributed by atoms with E-state index >= 15 is 0 Å². The average Bonchev–Trinajstić information content (AvgIpc) is 3.31. The highest BCUT2D eigenvalue weighted by Gasteiger charge is 2.29. The summed E-state index contributed by atoms with van der Waals surface area (Å²) in [4.78, 5) is 23.4. The Kier molecular flexibility index (Phi) is 5.88.